The molecule has 1 aromatic carbocycles. The first-order valence-corrected chi connectivity index (χ1v) is 9.59. The van der Waals surface area contributed by atoms with E-state index in [-0.39, 0.29) is 5.91 Å². The second-order valence-corrected chi connectivity index (χ2v) is 7.45. The maximum absolute atomic E-state index is 12.9. The van der Waals surface area contributed by atoms with E-state index < -0.39 is 0 Å². The zero-order valence-electron chi connectivity index (χ0n) is 15.2. The monoisotopic (exact) mass is 388 g/mol. The van der Waals surface area contributed by atoms with Crippen LogP contribution in [0.3, 0.4) is 0 Å². The lowest BCUT2D eigenvalue weighted by molar-refractivity contribution is 0.102. The lowest BCUT2D eigenvalue weighted by Crippen LogP contribution is -2.13. The van der Waals surface area contributed by atoms with E-state index in [1.165, 1.54) is 11.3 Å². The van der Waals surface area contributed by atoms with E-state index >= 15 is 0 Å². The maximum atomic E-state index is 12.9. The van der Waals surface area contributed by atoms with Crippen LogP contribution in [0.2, 0.25) is 0 Å². The van der Waals surface area contributed by atoms with Crippen LogP contribution in [-0.4, -0.2) is 30.1 Å². The Labute approximate surface area is 164 Å². The number of hydrogen-bond donors (Lipinski definition) is 1. The van der Waals surface area contributed by atoms with E-state index in [0.29, 0.717) is 16.3 Å². The zero-order chi connectivity index (χ0) is 19.3. The van der Waals surface area contributed by atoms with Crippen LogP contribution in [0.5, 0.6) is 0 Å². The molecule has 8 heteroatoms. The lowest BCUT2D eigenvalue weighted by Gasteiger charge is -2.09. The highest BCUT2D eigenvalue weighted by atomic mass is 32.1. The van der Waals surface area contributed by atoms with Gasteiger partial charge in [-0.05, 0) is 30.2 Å². The third-order valence-electron chi connectivity index (χ3n) is 4.65. The van der Waals surface area contributed by atoms with E-state index in [9.17, 15) is 4.79 Å². The normalized spacial score (nSPS) is 11.4. The number of aromatic nitrogens is 5. The van der Waals surface area contributed by atoms with Gasteiger partial charge in [0.25, 0.3) is 5.91 Å². The number of anilines is 1. The maximum Gasteiger partial charge on any atom is 0.261 e. The van der Waals surface area contributed by atoms with Crippen molar-refractivity contribution in [2.45, 2.75) is 6.92 Å². The number of rotatable bonds is 3. The largest absolute Gasteiger partial charge is 0.306 e. The highest BCUT2D eigenvalue weighted by Gasteiger charge is 2.16. The van der Waals surface area contributed by atoms with Crippen LogP contribution in [0.25, 0.3) is 27.7 Å². The number of carbonyl (C=O) groups excluding carboxylic acids is 1. The van der Waals surface area contributed by atoms with E-state index in [1.807, 2.05) is 65.2 Å². The zero-order valence-corrected chi connectivity index (χ0v) is 16.1. The van der Waals surface area contributed by atoms with Crippen molar-refractivity contribution in [3.63, 3.8) is 0 Å². The number of nitrogens with zero attached hydrogens (tertiary/aromatic N) is 5. The first-order chi connectivity index (χ1) is 13.6. The van der Waals surface area contributed by atoms with Crippen LogP contribution in [0, 0.1) is 6.92 Å². The van der Waals surface area contributed by atoms with Crippen LogP contribution in [0.15, 0.2) is 54.4 Å². The van der Waals surface area contributed by atoms with Gasteiger partial charge in [-0.3, -0.25) is 14.8 Å². The number of thiazole rings is 1. The Morgan fingerprint density at radius 1 is 1.21 bits per heavy atom. The van der Waals surface area contributed by atoms with E-state index in [1.54, 1.807) is 6.20 Å². The quantitative estimate of drug-likeness (QED) is 0.508. The topological polar surface area (TPSA) is 77.1 Å². The third-order valence-corrected chi connectivity index (χ3v) is 5.53. The Balaban J connectivity index is 1.62. The number of carbonyl (C=O) groups is 1. The average molecular weight is 388 g/mol. The summed E-state index contributed by atoms with van der Waals surface area (Å²) >= 11 is 1.40. The van der Waals surface area contributed by atoms with Gasteiger partial charge in [0.2, 0.25) is 0 Å². The molecule has 0 atom stereocenters. The van der Waals surface area contributed by atoms with Crippen LogP contribution < -0.4 is 5.32 Å². The molecule has 0 unspecified atom stereocenters. The van der Waals surface area contributed by atoms with Crippen LogP contribution in [-0.2, 0) is 7.05 Å². The van der Waals surface area contributed by atoms with Gasteiger partial charge in [0.15, 0.2) is 5.13 Å². The number of nitrogens with one attached hydrogen (secondary N) is 1. The molecule has 0 fully saturated rings. The number of fused-ring (bicyclic) bond motifs is 2. The second-order valence-electron chi connectivity index (χ2n) is 6.59. The van der Waals surface area contributed by atoms with Gasteiger partial charge in [0, 0.05) is 36.4 Å². The lowest BCUT2D eigenvalue weighted by atomic mass is 10.0. The summed E-state index contributed by atoms with van der Waals surface area (Å²) < 4.78 is 3.71. The molecule has 0 aliphatic carbocycles. The van der Waals surface area contributed by atoms with Gasteiger partial charge in [0.1, 0.15) is 5.65 Å². The number of imidazole rings is 1. The summed E-state index contributed by atoms with van der Waals surface area (Å²) in [5, 5.41) is 10.7. The fourth-order valence-corrected chi connectivity index (χ4v) is 3.94. The summed E-state index contributed by atoms with van der Waals surface area (Å²) in [5.74, 6) is -0.228. The van der Waals surface area contributed by atoms with Gasteiger partial charge in [-0.15, -0.1) is 11.3 Å². The molecule has 0 aliphatic heterocycles. The van der Waals surface area contributed by atoms with Crippen LogP contribution in [0.4, 0.5) is 5.13 Å². The fraction of sp³-hybridized carbons (Fsp3) is 0.100. The molecule has 0 radical (unpaired) electrons. The number of pyridine rings is 1. The van der Waals surface area contributed by atoms with Crippen molar-refractivity contribution in [2.75, 3.05) is 5.32 Å². The summed E-state index contributed by atoms with van der Waals surface area (Å²) in [6.07, 6.45) is 7.34. The summed E-state index contributed by atoms with van der Waals surface area (Å²) in [7, 11) is 1.92. The van der Waals surface area contributed by atoms with Crippen molar-refractivity contribution < 1.29 is 4.79 Å². The van der Waals surface area contributed by atoms with Gasteiger partial charge >= 0.3 is 0 Å². The summed E-state index contributed by atoms with van der Waals surface area (Å²) in [5.41, 5.74) is 4.95. The molecule has 5 aromatic rings. The molecule has 4 heterocycles. The average Bonchev–Trinajstić information content (AvgIpc) is 3.41. The molecular weight excluding hydrogens is 372 g/mol. The molecule has 1 amide bonds. The van der Waals surface area contributed by atoms with Crippen molar-refractivity contribution in [1.82, 2.24) is 24.1 Å². The standard InChI is InChI=1S/C20H16N6OS/c1-12-11-28-20(23-12)24-19(27)16-7-15(10-26-6-5-21-18(16)26)13-3-4-14-9-22-25(2)17(14)8-13/h3-11H,1-2H3,(H,23,24,27). The molecule has 7 nitrogen and oxygen atoms in total. The van der Waals surface area contributed by atoms with Crippen molar-refractivity contribution in [1.29, 1.82) is 0 Å². The fourth-order valence-electron chi connectivity index (χ4n) is 3.26. The van der Waals surface area contributed by atoms with Crippen LogP contribution in [0.1, 0.15) is 16.1 Å². The minimum absolute atomic E-state index is 0.228. The first kappa shape index (κ1) is 16.6. The van der Waals surface area contributed by atoms with E-state index in [4.69, 9.17) is 0 Å². The third kappa shape index (κ3) is 2.74. The number of hydrogen-bond acceptors (Lipinski definition) is 5. The number of benzene rings is 1. The summed E-state index contributed by atoms with van der Waals surface area (Å²) in [6.45, 7) is 1.90. The van der Waals surface area contributed by atoms with Gasteiger partial charge in [-0.1, -0.05) is 12.1 Å². The van der Waals surface area contributed by atoms with Crippen molar-refractivity contribution in [2.24, 2.45) is 7.05 Å². The minimum Gasteiger partial charge on any atom is -0.306 e. The smallest absolute Gasteiger partial charge is 0.261 e. The van der Waals surface area contributed by atoms with Gasteiger partial charge in [-0.25, -0.2) is 9.97 Å². The minimum atomic E-state index is -0.228. The molecular formula is C20H16N6OS. The summed E-state index contributed by atoms with van der Waals surface area (Å²) in [4.78, 5) is 21.6. The molecule has 0 saturated heterocycles. The molecule has 1 N–H and O–H groups in total. The second kappa shape index (κ2) is 6.28. The Kier molecular flexibility index (Phi) is 3.73. The predicted molar refractivity (Wildman–Crippen MR) is 110 cm³/mol. The molecule has 138 valence electrons. The van der Waals surface area contributed by atoms with Gasteiger partial charge < -0.3 is 4.40 Å². The Morgan fingerprint density at radius 2 is 2.11 bits per heavy atom. The summed E-state index contributed by atoms with van der Waals surface area (Å²) in [6, 6.07) is 8.02. The molecule has 5 rings (SSSR count). The van der Waals surface area contributed by atoms with Crippen LogP contribution >= 0.6 is 11.3 Å². The Bertz CT molecular complexity index is 1350. The first-order valence-electron chi connectivity index (χ1n) is 8.71. The Hall–Kier alpha value is -3.52. The molecule has 4 aromatic heterocycles. The molecule has 0 spiro atoms. The molecule has 0 aliphatic rings. The number of aryl methyl sites for hydroxylation is 2. The molecule has 28 heavy (non-hydrogen) atoms. The highest BCUT2D eigenvalue weighted by molar-refractivity contribution is 7.13. The SMILES string of the molecule is Cc1csc(NC(=O)c2cc(-c3ccc4cnn(C)c4c3)cn3ccnc23)n1. The Morgan fingerprint density at radius 3 is 2.93 bits per heavy atom. The van der Waals surface area contributed by atoms with E-state index in [0.717, 1.165) is 27.7 Å². The predicted octanol–water partition coefficient (Wildman–Crippen LogP) is 3.91. The van der Waals surface area contributed by atoms with Gasteiger partial charge in [-0.2, -0.15) is 5.10 Å². The van der Waals surface area contributed by atoms with Crippen molar-refractivity contribution in [3.8, 4) is 11.1 Å². The number of amides is 1. The van der Waals surface area contributed by atoms with Crippen molar-refractivity contribution >= 4 is 38.9 Å². The van der Waals surface area contributed by atoms with E-state index in [2.05, 4.69) is 26.4 Å². The highest BCUT2D eigenvalue weighted by Crippen LogP contribution is 2.27. The van der Waals surface area contributed by atoms with Crippen molar-refractivity contribution in [3.05, 3.63) is 65.7 Å². The van der Waals surface area contributed by atoms with Gasteiger partial charge in [0.05, 0.1) is 23.0 Å². The molecule has 0 saturated carbocycles. The molecule has 0 bridgehead atoms.